The topological polar surface area (TPSA) is 150 Å². The highest BCUT2D eigenvalue weighted by atomic mass is 16.5. The van der Waals surface area contributed by atoms with E-state index in [4.69, 9.17) is 9.47 Å². The Kier molecular flexibility index (Phi) is 18.6. The lowest BCUT2D eigenvalue weighted by Gasteiger charge is -2.41. The van der Waals surface area contributed by atoms with Crippen LogP contribution in [0.5, 0.6) is 0 Å². The van der Waals surface area contributed by atoms with Gasteiger partial charge >= 0.3 is 0 Å². The molecule has 1 aromatic rings. The van der Waals surface area contributed by atoms with Gasteiger partial charge in [-0.1, -0.05) is 85.2 Å². The zero-order valence-corrected chi connectivity index (χ0v) is 33.0. The molecule has 1 unspecified atom stereocenters. The number of methoxy groups -OCH3 is 2. The molecule has 1 aromatic carbocycles. The second-order valence-corrected chi connectivity index (χ2v) is 14.9. The minimum atomic E-state index is -0.756. The first-order chi connectivity index (χ1) is 24.2. The molecular weight excluding hydrogens is 650 g/mol. The van der Waals surface area contributed by atoms with E-state index in [1.54, 1.807) is 45.0 Å². The van der Waals surface area contributed by atoms with Crippen molar-refractivity contribution >= 4 is 23.6 Å². The van der Waals surface area contributed by atoms with Crippen molar-refractivity contribution < 1.29 is 33.8 Å². The Hall–Kier alpha value is -3.06. The summed E-state index contributed by atoms with van der Waals surface area (Å²) >= 11 is 0. The van der Waals surface area contributed by atoms with Crippen molar-refractivity contribution in [1.82, 2.24) is 25.8 Å². The Balaban J connectivity index is 2.24. The van der Waals surface area contributed by atoms with Gasteiger partial charge in [0.05, 0.1) is 55.3 Å². The third-order valence-corrected chi connectivity index (χ3v) is 10.6. The van der Waals surface area contributed by atoms with E-state index in [0.29, 0.717) is 19.4 Å². The molecule has 9 atom stereocenters. The molecule has 1 aliphatic rings. The molecule has 51 heavy (non-hydrogen) atoms. The van der Waals surface area contributed by atoms with E-state index in [9.17, 15) is 24.3 Å². The summed E-state index contributed by atoms with van der Waals surface area (Å²) in [6, 6.07) is 7.26. The highest BCUT2D eigenvalue weighted by molar-refractivity contribution is 5.90. The highest BCUT2D eigenvalue weighted by Crippen LogP contribution is 2.29. The van der Waals surface area contributed by atoms with Gasteiger partial charge in [0, 0.05) is 27.8 Å². The predicted octanol–water partition coefficient (Wildman–Crippen LogP) is 3.01. The number of hydrogen-bond donors (Lipinski definition) is 4. The van der Waals surface area contributed by atoms with E-state index in [0.717, 1.165) is 18.4 Å². The summed E-state index contributed by atoms with van der Waals surface area (Å²) in [6.45, 7) is 13.9. The Bertz CT molecular complexity index is 1230. The zero-order valence-electron chi connectivity index (χ0n) is 33.0. The number of aliphatic hydroxyl groups excluding tert-OH is 1. The van der Waals surface area contributed by atoms with Crippen LogP contribution in [0.2, 0.25) is 0 Å². The number of benzene rings is 1. The summed E-state index contributed by atoms with van der Waals surface area (Å²) in [5, 5.41) is 19.0. The summed E-state index contributed by atoms with van der Waals surface area (Å²) in [5.74, 6) is -1.58. The molecule has 12 nitrogen and oxygen atoms in total. The fourth-order valence-electron chi connectivity index (χ4n) is 7.44. The lowest BCUT2D eigenvalue weighted by molar-refractivity contribution is -0.147. The van der Waals surface area contributed by atoms with Crippen molar-refractivity contribution in [2.75, 3.05) is 41.5 Å². The van der Waals surface area contributed by atoms with Gasteiger partial charge in [0.1, 0.15) is 6.04 Å². The van der Waals surface area contributed by atoms with Crippen LogP contribution in [0.4, 0.5) is 0 Å². The van der Waals surface area contributed by atoms with Crippen molar-refractivity contribution in [1.29, 1.82) is 0 Å². The Morgan fingerprint density at radius 2 is 1.57 bits per heavy atom. The molecule has 1 saturated heterocycles. The molecular formula is C39H67N5O7. The Labute approximate surface area is 306 Å². The number of nitrogens with zero attached hydrogens (tertiary/aromatic N) is 2. The maximum Gasteiger partial charge on any atom is 0.245 e. The fourth-order valence-corrected chi connectivity index (χ4v) is 7.44. The van der Waals surface area contributed by atoms with Crippen LogP contribution in [0.15, 0.2) is 30.3 Å². The number of amides is 4. The molecule has 0 aliphatic carbocycles. The fraction of sp³-hybridized carbons (Fsp3) is 0.744. The molecule has 290 valence electrons. The monoisotopic (exact) mass is 718 g/mol. The molecule has 0 radical (unpaired) electrons. The quantitative estimate of drug-likeness (QED) is 0.152. The minimum absolute atomic E-state index is 0.0129. The molecule has 1 aliphatic heterocycles. The van der Waals surface area contributed by atoms with E-state index in [-0.39, 0.29) is 60.5 Å². The molecule has 2 rings (SSSR count). The van der Waals surface area contributed by atoms with Gasteiger partial charge in [0.25, 0.3) is 0 Å². The number of carbonyl (C=O) groups excluding carboxylic acids is 4. The van der Waals surface area contributed by atoms with Crippen LogP contribution in [0.25, 0.3) is 0 Å². The maximum absolute atomic E-state index is 14.1. The van der Waals surface area contributed by atoms with Crippen LogP contribution in [-0.4, -0.2) is 122 Å². The van der Waals surface area contributed by atoms with Gasteiger partial charge < -0.3 is 40.3 Å². The number of likely N-dealkylation sites (N-methyl/N-ethyl adjacent to an activating group) is 2. The summed E-state index contributed by atoms with van der Waals surface area (Å²) in [4.78, 5) is 58.3. The molecule has 0 bridgehead atoms. The number of rotatable bonds is 21. The van der Waals surface area contributed by atoms with E-state index in [1.165, 1.54) is 0 Å². The van der Waals surface area contributed by atoms with Gasteiger partial charge in [0.15, 0.2) is 0 Å². The lowest BCUT2D eigenvalue weighted by atomic mass is 9.89. The zero-order chi connectivity index (χ0) is 38.4. The van der Waals surface area contributed by atoms with Crippen molar-refractivity contribution in [3.63, 3.8) is 0 Å². The van der Waals surface area contributed by atoms with E-state index >= 15 is 0 Å². The van der Waals surface area contributed by atoms with Crippen molar-refractivity contribution in [2.45, 2.75) is 123 Å². The maximum atomic E-state index is 14.1. The van der Waals surface area contributed by atoms with Crippen LogP contribution in [0.3, 0.4) is 0 Å². The van der Waals surface area contributed by atoms with Gasteiger partial charge in [-0.25, -0.2) is 0 Å². The second-order valence-electron chi connectivity index (χ2n) is 14.9. The molecule has 4 amide bonds. The Morgan fingerprint density at radius 3 is 2.08 bits per heavy atom. The second kappa shape index (κ2) is 21.5. The van der Waals surface area contributed by atoms with Crippen LogP contribution >= 0.6 is 0 Å². The Morgan fingerprint density at radius 1 is 0.941 bits per heavy atom. The molecule has 1 fully saturated rings. The summed E-state index contributed by atoms with van der Waals surface area (Å²) in [7, 11) is 6.58. The largest absolute Gasteiger partial charge is 0.394 e. The van der Waals surface area contributed by atoms with Gasteiger partial charge in [0.2, 0.25) is 23.6 Å². The van der Waals surface area contributed by atoms with Crippen LogP contribution in [0.1, 0.15) is 79.7 Å². The number of likely N-dealkylation sites (tertiary alicyclic amines) is 1. The van der Waals surface area contributed by atoms with Crippen molar-refractivity contribution in [3.8, 4) is 0 Å². The molecule has 0 aromatic heterocycles. The SMILES string of the molecule is CC[C@H](C)C([C@@H](CC(=O)N1CCC[C@H]1[C@H](OC)[C@@H](C)C(=O)N[C@H](CO)Cc1ccccc1)OC)N(C)C(=O)[C@@H](NC(=O)[C@@H](NC)C(C)C)C(C)C. The number of ether oxygens (including phenoxy) is 2. The third kappa shape index (κ3) is 12.0. The summed E-state index contributed by atoms with van der Waals surface area (Å²) in [6.07, 6.45) is 1.54. The van der Waals surface area contributed by atoms with Gasteiger partial charge in [-0.2, -0.15) is 0 Å². The number of hydrogen-bond acceptors (Lipinski definition) is 8. The first-order valence-electron chi connectivity index (χ1n) is 18.7. The average molecular weight is 718 g/mol. The van der Waals surface area contributed by atoms with Crippen molar-refractivity contribution in [3.05, 3.63) is 35.9 Å². The van der Waals surface area contributed by atoms with E-state index in [2.05, 4.69) is 16.0 Å². The standard InChI is InChI=1S/C39H67N5O7/c1-12-26(6)35(43(9)39(49)34(25(4)5)42-38(48)33(40-8)24(2)3)31(50-10)22-32(46)44-20-16-19-30(44)36(51-11)27(7)37(47)41-29(23-45)21-28-17-14-13-15-18-28/h13-15,17-18,24-27,29-31,33-36,40,45H,12,16,19-23H2,1-11H3,(H,41,47)(H,42,48)/t26-,27+,29-,30-,31+,33-,34-,35?,36+/m0/s1. The molecule has 1 heterocycles. The summed E-state index contributed by atoms with van der Waals surface area (Å²) in [5.41, 5.74) is 1.01. The predicted molar refractivity (Wildman–Crippen MR) is 200 cm³/mol. The van der Waals surface area contributed by atoms with Crippen LogP contribution < -0.4 is 16.0 Å². The molecule has 0 saturated carbocycles. The molecule has 4 N–H and O–H groups in total. The lowest BCUT2D eigenvalue weighted by Crippen LogP contribution is -2.59. The van der Waals surface area contributed by atoms with Crippen LogP contribution in [-0.2, 0) is 35.1 Å². The van der Waals surface area contributed by atoms with E-state index in [1.807, 2.05) is 71.9 Å². The van der Waals surface area contributed by atoms with E-state index < -0.39 is 42.3 Å². The number of carbonyl (C=O) groups is 4. The highest BCUT2D eigenvalue weighted by Gasteiger charge is 2.43. The number of aliphatic hydroxyl groups is 1. The van der Waals surface area contributed by atoms with Crippen molar-refractivity contribution in [2.24, 2.45) is 23.7 Å². The first kappa shape index (κ1) is 44.1. The summed E-state index contributed by atoms with van der Waals surface area (Å²) < 4.78 is 11.9. The van der Waals surface area contributed by atoms with Gasteiger partial charge in [-0.05, 0) is 49.6 Å². The van der Waals surface area contributed by atoms with Gasteiger partial charge in [-0.15, -0.1) is 0 Å². The van der Waals surface area contributed by atoms with Crippen LogP contribution in [0, 0.1) is 23.7 Å². The smallest absolute Gasteiger partial charge is 0.245 e. The normalized spacial score (nSPS) is 19.5. The minimum Gasteiger partial charge on any atom is -0.394 e. The molecule has 0 spiro atoms. The third-order valence-electron chi connectivity index (χ3n) is 10.6. The number of nitrogens with one attached hydrogen (secondary N) is 3. The molecule has 12 heteroatoms. The van der Waals surface area contributed by atoms with Gasteiger partial charge in [-0.3, -0.25) is 19.2 Å². The first-order valence-corrected chi connectivity index (χ1v) is 18.7. The average Bonchev–Trinajstić information content (AvgIpc) is 3.59.